The van der Waals surface area contributed by atoms with Gasteiger partial charge in [-0.3, -0.25) is 19.7 Å². The van der Waals surface area contributed by atoms with Crippen molar-refractivity contribution in [2.75, 3.05) is 16.8 Å². The first kappa shape index (κ1) is 18.0. The van der Waals surface area contributed by atoms with Gasteiger partial charge in [0, 0.05) is 24.7 Å². The Hall–Kier alpha value is -3.80. The van der Waals surface area contributed by atoms with E-state index in [1.54, 1.807) is 18.2 Å². The molecular formula is C18H13FN4O4. The van der Waals surface area contributed by atoms with Crippen LogP contribution < -0.4 is 10.2 Å². The number of anilines is 2. The molecule has 2 aromatic rings. The summed E-state index contributed by atoms with van der Waals surface area (Å²) in [6, 6.07) is 11.5. The monoisotopic (exact) mass is 368 g/mol. The van der Waals surface area contributed by atoms with E-state index in [1.165, 1.54) is 17.0 Å². The fraction of sp³-hybridized carbons (Fsp3) is 0.167. The highest BCUT2D eigenvalue weighted by atomic mass is 19.1. The highest BCUT2D eigenvalue weighted by Gasteiger charge is 2.36. The molecule has 0 aliphatic carbocycles. The average Bonchev–Trinajstić information content (AvgIpc) is 3.04. The Morgan fingerprint density at radius 2 is 2.11 bits per heavy atom. The van der Waals surface area contributed by atoms with Crippen molar-refractivity contribution >= 4 is 28.9 Å². The molecule has 1 fully saturated rings. The Labute approximate surface area is 153 Å². The van der Waals surface area contributed by atoms with Gasteiger partial charge in [-0.15, -0.1) is 0 Å². The summed E-state index contributed by atoms with van der Waals surface area (Å²) < 4.78 is 13.5. The summed E-state index contributed by atoms with van der Waals surface area (Å²) >= 11 is 0. The lowest BCUT2D eigenvalue weighted by atomic mass is 10.1. The first-order chi connectivity index (χ1) is 12.9. The molecular weight excluding hydrogens is 355 g/mol. The fourth-order valence-electron chi connectivity index (χ4n) is 2.85. The Bertz CT molecular complexity index is 986. The number of carbonyl (C=O) groups is 2. The van der Waals surface area contributed by atoms with E-state index < -0.39 is 28.3 Å². The number of hydrogen-bond donors (Lipinski definition) is 1. The zero-order valence-electron chi connectivity index (χ0n) is 13.9. The van der Waals surface area contributed by atoms with Crippen molar-refractivity contribution in [3.63, 3.8) is 0 Å². The summed E-state index contributed by atoms with van der Waals surface area (Å²) in [5.74, 6) is -2.46. The molecule has 2 amide bonds. The minimum absolute atomic E-state index is 0.0192. The van der Waals surface area contributed by atoms with Crippen molar-refractivity contribution < 1.29 is 18.9 Å². The molecule has 1 saturated heterocycles. The summed E-state index contributed by atoms with van der Waals surface area (Å²) in [5, 5.41) is 22.4. The summed E-state index contributed by atoms with van der Waals surface area (Å²) in [6.07, 6.45) is -0.0745. The van der Waals surface area contributed by atoms with Crippen molar-refractivity contribution in [2.24, 2.45) is 5.92 Å². The lowest BCUT2D eigenvalue weighted by molar-refractivity contribution is -0.387. The standard InChI is InChI=1S/C18H13FN4O4/c19-15-5-4-14(8-16(15)23(26)27)22-10-12(7-17(22)24)18(25)21-13-3-1-2-11(6-13)9-20/h1-6,8,12H,7,10H2,(H,21,25). The number of nitrogens with zero attached hydrogens (tertiary/aromatic N) is 3. The molecule has 1 unspecified atom stereocenters. The zero-order valence-corrected chi connectivity index (χ0v) is 13.9. The number of nitro benzene ring substituents is 1. The lowest BCUT2D eigenvalue weighted by Gasteiger charge is -2.16. The molecule has 27 heavy (non-hydrogen) atoms. The molecule has 0 aromatic heterocycles. The van der Waals surface area contributed by atoms with Crippen molar-refractivity contribution in [1.82, 2.24) is 0 Å². The highest BCUT2D eigenvalue weighted by Crippen LogP contribution is 2.30. The van der Waals surface area contributed by atoms with Gasteiger partial charge in [0.05, 0.1) is 28.2 Å². The Morgan fingerprint density at radius 3 is 2.81 bits per heavy atom. The van der Waals surface area contributed by atoms with Crippen LogP contribution in [0.2, 0.25) is 0 Å². The summed E-state index contributed by atoms with van der Waals surface area (Å²) in [4.78, 5) is 35.9. The van der Waals surface area contributed by atoms with E-state index >= 15 is 0 Å². The number of nitriles is 1. The van der Waals surface area contributed by atoms with Crippen LogP contribution in [0.3, 0.4) is 0 Å². The maximum atomic E-state index is 13.5. The van der Waals surface area contributed by atoms with Gasteiger partial charge in [-0.25, -0.2) is 0 Å². The molecule has 1 aliphatic rings. The van der Waals surface area contributed by atoms with Crippen molar-refractivity contribution in [2.45, 2.75) is 6.42 Å². The first-order valence-corrected chi connectivity index (χ1v) is 7.94. The SMILES string of the molecule is N#Cc1cccc(NC(=O)C2CC(=O)N(c3ccc(F)c([N+](=O)[O-])c3)C2)c1. The van der Waals surface area contributed by atoms with Crippen LogP contribution in [0.1, 0.15) is 12.0 Å². The molecule has 2 aromatic carbocycles. The summed E-state index contributed by atoms with van der Waals surface area (Å²) in [7, 11) is 0. The predicted octanol–water partition coefficient (Wildman–Crippen LogP) is 2.60. The molecule has 1 aliphatic heterocycles. The number of amides is 2. The normalized spacial score (nSPS) is 16.1. The third-order valence-corrected chi connectivity index (χ3v) is 4.19. The van der Waals surface area contributed by atoms with Gasteiger partial charge >= 0.3 is 5.69 Å². The molecule has 3 rings (SSSR count). The molecule has 0 saturated carbocycles. The van der Waals surface area contributed by atoms with E-state index in [0.29, 0.717) is 11.3 Å². The Kier molecular flexibility index (Phi) is 4.81. The molecule has 9 heteroatoms. The smallest absolute Gasteiger partial charge is 0.306 e. The molecule has 136 valence electrons. The summed E-state index contributed by atoms with van der Waals surface area (Å²) in [6.45, 7) is 0.0192. The third-order valence-electron chi connectivity index (χ3n) is 4.19. The second-order valence-corrected chi connectivity index (χ2v) is 5.98. The van der Waals surface area contributed by atoms with Gasteiger partial charge < -0.3 is 10.2 Å². The number of hydrogen-bond acceptors (Lipinski definition) is 5. The molecule has 1 N–H and O–H groups in total. The third kappa shape index (κ3) is 3.74. The molecule has 0 radical (unpaired) electrons. The van der Waals surface area contributed by atoms with Crippen LogP contribution in [-0.4, -0.2) is 23.3 Å². The molecule has 1 atom stereocenters. The molecule has 8 nitrogen and oxygen atoms in total. The van der Waals surface area contributed by atoms with Gasteiger partial charge in [-0.05, 0) is 30.3 Å². The minimum atomic E-state index is -0.998. The van der Waals surface area contributed by atoms with Gasteiger partial charge in [0.1, 0.15) is 0 Å². The maximum Gasteiger partial charge on any atom is 0.306 e. The largest absolute Gasteiger partial charge is 0.326 e. The van der Waals surface area contributed by atoms with E-state index in [4.69, 9.17) is 5.26 Å². The van der Waals surface area contributed by atoms with Crippen LogP contribution in [0.25, 0.3) is 0 Å². The van der Waals surface area contributed by atoms with Crippen LogP contribution in [0.5, 0.6) is 0 Å². The number of nitro groups is 1. The van der Waals surface area contributed by atoms with Crippen LogP contribution in [0.4, 0.5) is 21.5 Å². The Morgan fingerprint density at radius 1 is 1.33 bits per heavy atom. The second kappa shape index (κ2) is 7.21. The fourth-order valence-corrected chi connectivity index (χ4v) is 2.85. The highest BCUT2D eigenvalue weighted by molar-refractivity contribution is 6.03. The van der Waals surface area contributed by atoms with Gasteiger partial charge in [0.2, 0.25) is 17.6 Å². The summed E-state index contributed by atoms with van der Waals surface area (Å²) in [5.41, 5.74) is 0.245. The number of rotatable bonds is 4. The molecule has 0 bridgehead atoms. The quantitative estimate of drug-likeness (QED) is 0.658. The minimum Gasteiger partial charge on any atom is -0.326 e. The zero-order chi connectivity index (χ0) is 19.6. The topological polar surface area (TPSA) is 116 Å². The van der Waals surface area contributed by atoms with Crippen LogP contribution in [-0.2, 0) is 9.59 Å². The predicted molar refractivity (Wildman–Crippen MR) is 93.3 cm³/mol. The van der Waals surface area contributed by atoms with E-state index in [-0.39, 0.29) is 24.6 Å². The van der Waals surface area contributed by atoms with Gasteiger partial charge in [0.15, 0.2) is 0 Å². The maximum absolute atomic E-state index is 13.5. The first-order valence-electron chi connectivity index (χ1n) is 7.94. The van der Waals surface area contributed by atoms with Crippen molar-refractivity contribution in [1.29, 1.82) is 5.26 Å². The van der Waals surface area contributed by atoms with E-state index in [0.717, 1.165) is 12.1 Å². The van der Waals surface area contributed by atoms with E-state index in [9.17, 15) is 24.1 Å². The van der Waals surface area contributed by atoms with E-state index in [1.807, 2.05) is 6.07 Å². The van der Waals surface area contributed by atoms with E-state index in [2.05, 4.69) is 5.32 Å². The lowest BCUT2D eigenvalue weighted by Crippen LogP contribution is -2.28. The number of benzene rings is 2. The number of carbonyl (C=O) groups excluding carboxylic acids is 2. The van der Waals surface area contributed by atoms with Crippen LogP contribution >= 0.6 is 0 Å². The van der Waals surface area contributed by atoms with Crippen molar-refractivity contribution in [3.8, 4) is 6.07 Å². The van der Waals surface area contributed by atoms with Gasteiger partial charge in [-0.2, -0.15) is 9.65 Å². The second-order valence-electron chi connectivity index (χ2n) is 5.98. The molecule has 1 heterocycles. The molecule has 0 spiro atoms. The Balaban J connectivity index is 1.75. The van der Waals surface area contributed by atoms with Crippen LogP contribution in [0.15, 0.2) is 42.5 Å². The number of halogens is 1. The van der Waals surface area contributed by atoms with Crippen molar-refractivity contribution in [3.05, 3.63) is 64.0 Å². The average molecular weight is 368 g/mol. The van der Waals surface area contributed by atoms with Gasteiger partial charge in [0.25, 0.3) is 0 Å². The van der Waals surface area contributed by atoms with Gasteiger partial charge in [-0.1, -0.05) is 6.07 Å². The number of nitrogens with one attached hydrogen (secondary N) is 1. The van der Waals surface area contributed by atoms with Crippen LogP contribution in [0, 0.1) is 33.2 Å².